The van der Waals surface area contributed by atoms with Crippen LogP contribution in [0.5, 0.6) is 0 Å². The highest BCUT2D eigenvalue weighted by Crippen LogP contribution is 2.52. The molecule has 134 valence electrons. The molecule has 2 bridgehead atoms. The van der Waals surface area contributed by atoms with Crippen molar-refractivity contribution in [2.75, 3.05) is 40.4 Å². The molecule has 1 aliphatic heterocycles. The number of methoxy groups -OCH3 is 1. The molecule has 0 spiro atoms. The van der Waals surface area contributed by atoms with Gasteiger partial charge in [-0.25, -0.2) is 0 Å². The highest BCUT2D eigenvalue weighted by molar-refractivity contribution is 14.0. The summed E-state index contributed by atoms with van der Waals surface area (Å²) in [5.74, 6) is 0.948. The highest BCUT2D eigenvalue weighted by atomic mass is 127. The van der Waals surface area contributed by atoms with Gasteiger partial charge < -0.3 is 15.4 Å². The normalized spacial score (nSPS) is 30.6. The second kappa shape index (κ2) is 8.28. The number of hydrogen-bond donors (Lipinski definition) is 2. The maximum Gasteiger partial charge on any atom is 0.233 e. The number of hydrogen-bond acceptors (Lipinski definition) is 4. The first-order valence-corrected chi connectivity index (χ1v) is 8.14. The third-order valence-corrected chi connectivity index (χ3v) is 5.01. The van der Waals surface area contributed by atoms with Crippen molar-refractivity contribution in [1.29, 1.82) is 0 Å². The van der Waals surface area contributed by atoms with Crippen molar-refractivity contribution < 1.29 is 14.3 Å². The van der Waals surface area contributed by atoms with Crippen LogP contribution in [0.4, 0.5) is 0 Å². The van der Waals surface area contributed by atoms with E-state index >= 15 is 0 Å². The lowest BCUT2D eigenvalue weighted by atomic mass is 9.85. The largest absolute Gasteiger partial charge is 0.383 e. The zero-order valence-corrected chi connectivity index (χ0v) is 16.4. The summed E-state index contributed by atoms with van der Waals surface area (Å²) >= 11 is 0. The monoisotopic (exact) mass is 448 g/mol. The molecule has 24 heavy (non-hydrogen) atoms. The third-order valence-electron chi connectivity index (χ3n) is 5.01. The number of imide groups is 1. The SMILES string of the molecule is CN=C(NCCOC)NCCN1C(=O)C2C3C=CC(C3)C2C1=O.I. The topological polar surface area (TPSA) is 83.0 Å². The molecule has 3 aliphatic rings. The molecule has 1 heterocycles. The van der Waals surface area contributed by atoms with Crippen molar-refractivity contribution in [3.63, 3.8) is 0 Å². The number of halogens is 1. The number of rotatable bonds is 6. The van der Waals surface area contributed by atoms with Crippen LogP contribution in [0, 0.1) is 23.7 Å². The Labute approximate surface area is 159 Å². The molecule has 3 rings (SSSR count). The van der Waals surface area contributed by atoms with Crippen LogP contribution in [0.15, 0.2) is 17.1 Å². The predicted molar refractivity (Wildman–Crippen MR) is 101 cm³/mol. The van der Waals surface area contributed by atoms with Gasteiger partial charge in [-0.1, -0.05) is 12.2 Å². The molecule has 4 atom stereocenters. The van der Waals surface area contributed by atoms with E-state index in [0.29, 0.717) is 32.2 Å². The number of aliphatic imine (C=N–C) groups is 1. The number of carbonyl (C=O) groups is 2. The molecule has 2 N–H and O–H groups in total. The molecule has 8 heteroatoms. The quantitative estimate of drug-likeness (QED) is 0.152. The molecule has 2 fully saturated rings. The maximum absolute atomic E-state index is 12.5. The van der Waals surface area contributed by atoms with Gasteiger partial charge in [-0.05, 0) is 18.3 Å². The lowest BCUT2D eigenvalue weighted by Crippen LogP contribution is -2.44. The third kappa shape index (κ3) is 3.44. The van der Waals surface area contributed by atoms with E-state index < -0.39 is 0 Å². The lowest BCUT2D eigenvalue weighted by molar-refractivity contribution is -0.140. The second-order valence-corrected chi connectivity index (χ2v) is 6.25. The number of nitrogens with one attached hydrogen (secondary N) is 2. The number of nitrogens with zero attached hydrogens (tertiary/aromatic N) is 2. The van der Waals surface area contributed by atoms with Gasteiger partial charge >= 0.3 is 0 Å². The summed E-state index contributed by atoms with van der Waals surface area (Å²) in [5.41, 5.74) is 0. The Morgan fingerprint density at radius 2 is 1.79 bits per heavy atom. The molecule has 0 aromatic carbocycles. The number of likely N-dealkylation sites (tertiary alicyclic amines) is 1. The van der Waals surface area contributed by atoms with E-state index in [1.807, 2.05) is 0 Å². The average molecular weight is 448 g/mol. The first-order chi connectivity index (χ1) is 11.2. The Kier molecular flexibility index (Phi) is 6.62. The van der Waals surface area contributed by atoms with Crippen LogP contribution in [-0.2, 0) is 14.3 Å². The van der Waals surface area contributed by atoms with Crippen LogP contribution in [0.25, 0.3) is 0 Å². The smallest absolute Gasteiger partial charge is 0.233 e. The molecule has 7 nitrogen and oxygen atoms in total. The molecule has 1 saturated carbocycles. The fraction of sp³-hybridized carbons (Fsp3) is 0.688. The molecule has 4 unspecified atom stereocenters. The van der Waals surface area contributed by atoms with E-state index in [1.165, 1.54) is 4.90 Å². The standard InChI is InChI=1S/C16H24N4O3.HI/c1-17-16(19-6-8-23-2)18-5-7-20-14(21)12-10-3-4-11(9-10)13(12)15(20)22;/h3-4,10-13H,5-9H2,1-2H3,(H2,17,18,19);1H. The second-order valence-electron chi connectivity index (χ2n) is 6.25. The molecule has 2 aliphatic carbocycles. The molecule has 0 aromatic heterocycles. The van der Waals surface area contributed by atoms with Gasteiger partial charge in [0.15, 0.2) is 5.96 Å². The van der Waals surface area contributed by atoms with Gasteiger partial charge in [0.2, 0.25) is 11.8 Å². The molecular weight excluding hydrogens is 423 g/mol. The van der Waals surface area contributed by atoms with Gasteiger partial charge in [-0.15, -0.1) is 24.0 Å². The van der Waals surface area contributed by atoms with Crippen LogP contribution in [-0.4, -0.2) is 63.1 Å². The fourth-order valence-corrected chi connectivity index (χ4v) is 3.96. The molecule has 0 aromatic rings. The summed E-state index contributed by atoms with van der Waals surface area (Å²) in [7, 11) is 3.32. The van der Waals surface area contributed by atoms with E-state index in [4.69, 9.17) is 4.74 Å². The minimum atomic E-state index is -0.114. The Bertz CT molecular complexity index is 521. The van der Waals surface area contributed by atoms with Gasteiger partial charge in [0.1, 0.15) is 0 Å². The first-order valence-electron chi connectivity index (χ1n) is 8.14. The van der Waals surface area contributed by atoms with Gasteiger partial charge in [0.25, 0.3) is 0 Å². The average Bonchev–Trinajstić information content (AvgIpc) is 3.22. The summed E-state index contributed by atoms with van der Waals surface area (Å²) in [6.45, 7) is 2.11. The van der Waals surface area contributed by atoms with Crippen molar-refractivity contribution in [2.45, 2.75) is 6.42 Å². The number of ether oxygens (including phenoxy) is 1. The predicted octanol–water partition coefficient (Wildman–Crippen LogP) is 0.223. The summed E-state index contributed by atoms with van der Waals surface area (Å²) in [6.07, 6.45) is 5.19. The maximum atomic E-state index is 12.5. The van der Waals surface area contributed by atoms with Crippen LogP contribution in [0.1, 0.15) is 6.42 Å². The highest BCUT2D eigenvalue weighted by Gasteiger charge is 2.58. The van der Waals surface area contributed by atoms with E-state index in [1.54, 1.807) is 14.2 Å². The molecule has 2 amide bonds. The molecular formula is C16H25IN4O3. The van der Waals surface area contributed by atoms with Crippen LogP contribution in [0.3, 0.4) is 0 Å². The summed E-state index contributed by atoms with van der Waals surface area (Å²) in [6, 6.07) is 0. The van der Waals surface area contributed by atoms with E-state index in [-0.39, 0.29) is 59.5 Å². The van der Waals surface area contributed by atoms with Crippen molar-refractivity contribution >= 4 is 41.8 Å². The number of fused-ring (bicyclic) bond motifs is 5. The zero-order valence-electron chi connectivity index (χ0n) is 14.0. The Balaban J connectivity index is 0.00000208. The van der Waals surface area contributed by atoms with Crippen molar-refractivity contribution in [2.24, 2.45) is 28.7 Å². The van der Waals surface area contributed by atoms with E-state index in [2.05, 4.69) is 27.8 Å². The number of guanidine groups is 1. The number of allylic oxidation sites excluding steroid dienone is 2. The van der Waals surface area contributed by atoms with Crippen molar-refractivity contribution in [3.8, 4) is 0 Å². The fourth-order valence-electron chi connectivity index (χ4n) is 3.96. The Morgan fingerprint density at radius 3 is 2.33 bits per heavy atom. The van der Waals surface area contributed by atoms with Crippen LogP contribution >= 0.6 is 24.0 Å². The van der Waals surface area contributed by atoms with Crippen molar-refractivity contribution in [1.82, 2.24) is 15.5 Å². The van der Waals surface area contributed by atoms with Crippen molar-refractivity contribution in [3.05, 3.63) is 12.2 Å². The van der Waals surface area contributed by atoms with E-state index in [9.17, 15) is 9.59 Å². The Morgan fingerprint density at radius 1 is 1.21 bits per heavy atom. The minimum absolute atomic E-state index is 0. The molecule has 1 saturated heterocycles. The first kappa shape index (κ1) is 19.2. The zero-order chi connectivity index (χ0) is 16.4. The summed E-state index contributed by atoms with van der Waals surface area (Å²) < 4.78 is 4.97. The Hall–Kier alpha value is -1.16. The van der Waals surface area contributed by atoms with Crippen LogP contribution in [0.2, 0.25) is 0 Å². The summed E-state index contributed by atoms with van der Waals surface area (Å²) in [5, 5.41) is 6.22. The van der Waals surface area contributed by atoms with E-state index in [0.717, 1.165) is 6.42 Å². The summed E-state index contributed by atoms with van der Waals surface area (Å²) in [4.78, 5) is 30.6. The minimum Gasteiger partial charge on any atom is -0.383 e. The molecule has 0 radical (unpaired) electrons. The van der Waals surface area contributed by atoms with Gasteiger partial charge in [0, 0.05) is 33.8 Å². The number of amides is 2. The van der Waals surface area contributed by atoms with Crippen LogP contribution < -0.4 is 10.6 Å². The van der Waals surface area contributed by atoms with Gasteiger partial charge in [0.05, 0.1) is 18.4 Å². The number of carbonyl (C=O) groups excluding carboxylic acids is 2. The van der Waals surface area contributed by atoms with Gasteiger partial charge in [-0.3, -0.25) is 19.5 Å². The van der Waals surface area contributed by atoms with Gasteiger partial charge in [-0.2, -0.15) is 0 Å². The lowest BCUT2D eigenvalue weighted by Gasteiger charge is -2.18.